The standard InChI is InChI=1S/C18H16ClN5O3S/c1-2-23-17(14-8-3-4-9-15(14)19)21-22-18(23)28-11-16(25)20-12-6-5-7-13(10-12)24(26)27/h3-10H,2,11H2,1H3,(H,20,25). The van der Waals surface area contributed by atoms with E-state index in [1.165, 1.54) is 30.0 Å². The van der Waals surface area contributed by atoms with Gasteiger partial charge in [0.25, 0.3) is 5.69 Å². The third kappa shape index (κ3) is 4.49. The van der Waals surface area contributed by atoms with Crippen LogP contribution in [0.5, 0.6) is 0 Å². The van der Waals surface area contributed by atoms with E-state index >= 15 is 0 Å². The van der Waals surface area contributed by atoms with Crippen LogP contribution in [0.1, 0.15) is 6.92 Å². The predicted molar refractivity (Wildman–Crippen MR) is 109 cm³/mol. The smallest absolute Gasteiger partial charge is 0.271 e. The Labute approximate surface area is 170 Å². The van der Waals surface area contributed by atoms with Gasteiger partial charge in [-0.05, 0) is 25.1 Å². The molecule has 0 atom stereocenters. The Morgan fingerprint density at radius 1 is 1.25 bits per heavy atom. The number of anilines is 1. The molecule has 1 N–H and O–H groups in total. The molecule has 0 radical (unpaired) electrons. The molecule has 0 spiro atoms. The Kier molecular flexibility index (Phi) is 6.27. The molecule has 0 aliphatic carbocycles. The van der Waals surface area contributed by atoms with Gasteiger partial charge in [0.2, 0.25) is 5.91 Å². The number of nitro benzene ring substituents is 1. The molecule has 10 heteroatoms. The van der Waals surface area contributed by atoms with Crippen LogP contribution in [-0.4, -0.2) is 31.3 Å². The maximum absolute atomic E-state index is 12.2. The fourth-order valence-corrected chi connectivity index (χ4v) is 3.57. The summed E-state index contributed by atoms with van der Waals surface area (Å²) in [6, 6.07) is 13.1. The Balaban J connectivity index is 1.69. The third-order valence-electron chi connectivity index (χ3n) is 3.82. The Bertz CT molecular complexity index is 1020. The summed E-state index contributed by atoms with van der Waals surface area (Å²) in [5.74, 6) is 0.425. The number of hydrogen-bond acceptors (Lipinski definition) is 6. The lowest BCUT2D eigenvalue weighted by molar-refractivity contribution is -0.384. The highest BCUT2D eigenvalue weighted by atomic mass is 35.5. The second kappa shape index (κ2) is 8.85. The van der Waals surface area contributed by atoms with Crippen molar-refractivity contribution in [2.75, 3.05) is 11.1 Å². The van der Waals surface area contributed by atoms with Crippen LogP contribution in [0.25, 0.3) is 11.4 Å². The normalized spacial score (nSPS) is 10.6. The van der Waals surface area contributed by atoms with Gasteiger partial charge in [-0.2, -0.15) is 0 Å². The van der Waals surface area contributed by atoms with Crippen LogP contribution in [-0.2, 0) is 11.3 Å². The zero-order valence-corrected chi connectivity index (χ0v) is 16.4. The van der Waals surface area contributed by atoms with Crippen molar-refractivity contribution in [3.05, 3.63) is 63.7 Å². The highest BCUT2D eigenvalue weighted by Crippen LogP contribution is 2.29. The van der Waals surface area contributed by atoms with E-state index in [4.69, 9.17) is 11.6 Å². The van der Waals surface area contributed by atoms with E-state index in [-0.39, 0.29) is 17.3 Å². The van der Waals surface area contributed by atoms with Gasteiger partial charge in [-0.15, -0.1) is 10.2 Å². The molecule has 0 saturated heterocycles. The summed E-state index contributed by atoms with van der Waals surface area (Å²) in [5.41, 5.74) is 1.06. The lowest BCUT2D eigenvalue weighted by atomic mass is 10.2. The maximum Gasteiger partial charge on any atom is 0.271 e. The molecular formula is C18H16ClN5O3S. The van der Waals surface area contributed by atoms with Crippen molar-refractivity contribution in [3.8, 4) is 11.4 Å². The van der Waals surface area contributed by atoms with E-state index in [1.807, 2.05) is 29.7 Å². The molecule has 2 aromatic carbocycles. The molecule has 3 rings (SSSR count). The number of non-ortho nitro benzene ring substituents is 1. The monoisotopic (exact) mass is 417 g/mol. The number of halogens is 1. The van der Waals surface area contributed by atoms with Gasteiger partial charge in [-0.3, -0.25) is 14.9 Å². The number of rotatable bonds is 7. The first-order valence-corrected chi connectivity index (χ1v) is 9.71. The molecule has 0 fully saturated rings. The second-order valence-electron chi connectivity index (χ2n) is 5.67. The number of thioether (sulfide) groups is 1. The van der Waals surface area contributed by atoms with Gasteiger partial charge in [0.15, 0.2) is 11.0 Å². The van der Waals surface area contributed by atoms with E-state index in [0.29, 0.717) is 28.2 Å². The fourth-order valence-electron chi connectivity index (χ4n) is 2.55. The number of amides is 1. The van der Waals surface area contributed by atoms with Gasteiger partial charge in [0.05, 0.1) is 15.7 Å². The van der Waals surface area contributed by atoms with Gasteiger partial charge >= 0.3 is 0 Å². The molecule has 0 bridgehead atoms. The molecular weight excluding hydrogens is 402 g/mol. The topological polar surface area (TPSA) is 103 Å². The van der Waals surface area contributed by atoms with Crippen molar-refractivity contribution in [1.82, 2.24) is 14.8 Å². The number of nitro groups is 1. The molecule has 3 aromatic rings. The van der Waals surface area contributed by atoms with E-state index in [2.05, 4.69) is 15.5 Å². The molecule has 8 nitrogen and oxygen atoms in total. The number of aromatic nitrogens is 3. The van der Waals surface area contributed by atoms with Crippen LogP contribution in [0, 0.1) is 10.1 Å². The Hall–Kier alpha value is -2.91. The van der Waals surface area contributed by atoms with Crippen LogP contribution in [0.4, 0.5) is 11.4 Å². The number of nitrogens with zero attached hydrogens (tertiary/aromatic N) is 4. The lowest BCUT2D eigenvalue weighted by Crippen LogP contribution is -2.14. The summed E-state index contributed by atoms with van der Waals surface area (Å²) in [6.07, 6.45) is 0. The van der Waals surface area contributed by atoms with Gasteiger partial charge in [-0.1, -0.05) is 41.6 Å². The van der Waals surface area contributed by atoms with Crippen molar-refractivity contribution >= 4 is 40.6 Å². The summed E-state index contributed by atoms with van der Waals surface area (Å²) in [4.78, 5) is 22.5. The van der Waals surface area contributed by atoms with Crippen molar-refractivity contribution in [2.45, 2.75) is 18.6 Å². The van der Waals surface area contributed by atoms with Crippen LogP contribution in [0.3, 0.4) is 0 Å². The summed E-state index contributed by atoms with van der Waals surface area (Å²) in [7, 11) is 0. The third-order valence-corrected chi connectivity index (χ3v) is 5.12. The van der Waals surface area contributed by atoms with E-state index < -0.39 is 4.92 Å². The second-order valence-corrected chi connectivity index (χ2v) is 7.02. The molecule has 0 saturated carbocycles. The summed E-state index contributed by atoms with van der Waals surface area (Å²) >= 11 is 7.48. The average molecular weight is 418 g/mol. The van der Waals surface area contributed by atoms with Crippen molar-refractivity contribution in [2.24, 2.45) is 0 Å². The average Bonchev–Trinajstić information content (AvgIpc) is 3.09. The molecule has 28 heavy (non-hydrogen) atoms. The van der Waals surface area contributed by atoms with Crippen LogP contribution >= 0.6 is 23.4 Å². The van der Waals surface area contributed by atoms with E-state index in [1.54, 1.807) is 12.1 Å². The van der Waals surface area contributed by atoms with Crippen molar-refractivity contribution in [3.63, 3.8) is 0 Å². The Morgan fingerprint density at radius 3 is 2.75 bits per heavy atom. The first kappa shape index (κ1) is 19.8. The van der Waals surface area contributed by atoms with Crippen molar-refractivity contribution < 1.29 is 9.72 Å². The zero-order valence-electron chi connectivity index (χ0n) is 14.8. The van der Waals surface area contributed by atoms with Gasteiger partial charge < -0.3 is 9.88 Å². The molecule has 0 aliphatic rings. The Morgan fingerprint density at radius 2 is 2.04 bits per heavy atom. The molecule has 1 heterocycles. The number of hydrogen-bond donors (Lipinski definition) is 1. The molecule has 144 valence electrons. The first-order valence-electron chi connectivity index (χ1n) is 8.34. The van der Waals surface area contributed by atoms with Crippen LogP contribution in [0.15, 0.2) is 53.7 Å². The number of carbonyl (C=O) groups excluding carboxylic acids is 1. The zero-order chi connectivity index (χ0) is 20.1. The SMILES string of the molecule is CCn1c(SCC(=O)Nc2cccc([N+](=O)[O-])c2)nnc1-c1ccccc1Cl. The summed E-state index contributed by atoms with van der Waals surface area (Å²) in [6.45, 7) is 2.57. The number of nitrogens with one attached hydrogen (secondary N) is 1. The predicted octanol–water partition coefficient (Wildman–Crippen LogP) is 4.26. The maximum atomic E-state index is 12.2. The quantitative estimate of drug-likeness (QED) is 0.350. The molecule has 1 amide bonds. The summed E-state index contributed by atoms with van der Waals surface area (Å²) in [5, 5.41) is 23.0. The largest absolute Gasteiger partial charge is 0.325 e. The minimum Gasteiger partial charge on any atom is -0.325 e. The van der Waals surface area contributed by atoms with Crippen molar-refractivity contribution in [1.29, 1.82) is 0 Å². The minimum absolute atomic E-state index is 0.0828. The highest BCUT2D eigenvalue weighted by molar-refractivity contribution is 7.99. The van der Waals surface area contributed by atoms with Crippen LogP contribution < -0.4 is 5.32 Å². The van der Waals surface area contributed by atoms with Crippen LogP contribution in [0.2, 0.25) is 5.02 Å². The molecule has 0 unspecified atom stereocenters. The van der Waals surface area contributed by atoms with Gasteiger partial charge in [-0.25, -0.2) is 0 Å². The highest BCUT2D eigenvalue weighted by Gasteiger charge is 2.16. The number of carbonyl (C=O) groups is 1. The summed E-state index contributed by atoms with van der Waals surface area (Å²) < 4.78 is 1.88. The molecule has 0 aliphatic heterocycles. The van der Waals surface area contributed by atoms with E-state index in [9.17, 15) is 14.9 Å². The number of benzene rings is 2. The van der Waals surface area contributed by atoms with E-state index in [0.717, 1.165) is 5.56 Å². The fraction of sp³-hybridized carbons (Fsp3) is 0.167. The van der Waals surface area contributed by atoms with Gasteiger partial charge in [0, 0.05) is 29.9 Å². The lowest BCUT2D eigenvalue weighted by Gasteiger charge is -2.08. The molecule has 1 aromatic heterocycles. The minimum atomic E-state index is -0.510. The first-order chi connectivity index (χ1) is 13.5. The van der Waals surface area contributed by atoms with Gasteiger partial charge in [0.1, 0.15) is 0 Å².